The first-order valence-corrected chi connectivity index (χ1v) is 3.28. The molecule has 0 aromatic rings. The van der Waals surface area contributed by atoms with Gasteiger partial charge < -0.3 is 5.32 Å². The smallest absolute Gasteiger partial charge is 0.322 e. The molecule has 0 aromatic heterocycles. The van der Waals surface area contributed by atoms with Crippen molar-refractivity contribution in [3.8, 4) is 0 Å². The molecule has 2 rings (SSSR count). The van der Waals surface area contributed by atoms with Gasteiger partial charge in [-0.25, -0.2) is 4.79 Å². The van der Waals surface area contributed by atoms with Gasteiger partial charge in [0, 0.05) is 12.8 Å². The van der Waals surface area contributed by atoms with Gasteiger partial charge in [0.2, 0.25) is 0 Å². The Kier molecular flexibility index (Phi) is 0.925. The predicted molar refractivity (Wildman–Crippen MR) is 33.6 cm³/mol. The zero-order valence-electron chi connectivity index (χ0n) is 5.64. The minimum absolute atomic E-state index is 0.0161. The van der Waals surface area contributed by atoms with Crippen molar-refractivity contribution >= 4 is 17.7 Å². The Morgan fingerprint density at radius 2 is 1.82 bits per heavy atom. The van der Waals surface area contributed by atoms with Crippen LogP contribution < -0.4 is 10.6 Å². The van der Waals surface area contributed by atoms with Gasteiger partial charge in [-0.1, -0.05) is 0 Å². The number of ketones is 1. The predicted octanol–water partition coefficient (Wildman–Crippen LogP) is -1.07. The Morgan fingerprint density at radius 3 is 2.18 bits per heavy atom. The Balaban J connectivity index is 2.22. The van der Waals surface area contributed by atoms with Crippen molar-refractivity contribution in [3.63, 3.8) is 0 Å². The Morgan fingerprint density at radius 1 is 1.18 bits per heavy atom. The SMILES string of the molecule is O=C1CC2(C1)NC(=O)NC2=O. The molecule has 0 unspecified atom stereocenters. The lowest BCUT2D eigenvalue weighted by Crippen LogP contribution is -2.57. The maximum absolute atomic E-state index is 11.0. The molecule has 0 aromatic carbocycles. The highest BCUT2D eigenvalue weighted by atomic mass is 16.2. The van der Waals surface area contributed by atoms with Gasteiger partial charge in [0.05, 0.1) is 0 Å². The van der Waals surface area contributed by atoms with Crippen LogP contribution in [0.1, 0.15) is 12.8 Å². The molecule has 0 radical (unpaired) electrons. The second-order valence-electron chi connectivity index (χ2n) is 2.88. The Bertz CT molecular complexity index is 263. The Labute approximate surface area is 62.1 Å². The van der Waals surface area contributed by atoms with E-state index in [1.165, 1.54) is 0 Å². The van der Waals surface area contributed by atoms with Crippen LogP contribution in [0, 0.1) is 0 Å². The number of nitrogens with one attached hydrogen (secondary N) is 2. The van der Waals surface area contributed by atoms with Crippen molar-refractivity contribution in [2.75, 3.05) is 0 Å². The summed E-state index contributed by atoms with van der Waals surface area (Å²) in [6.45, 7) is 0. The number of Topliss-reactive ketones (excluding diaryl/α,β-unsaturated/α-hetero) is 1. The van der Waals surface area contributed by atoms with E-state index in [9.17, 15) is 14.4 Å². The molecule has 1 saturated heterocycles. The van der Waals surface area contributed by atoms with Crippen molar-refractivity contribution < 1.29 is 14.4 Å². The molecule has 11 heavy (non-hydrogen) atoms. The first-order valence-electron chi connectivity index (χ1n) is 3.28. The quantitative estimate of drug-likeness (QED) is 0.436. The van der Waals surface area contributed by atoms with Crippen molar-refractivity contribution in [1.29, 1.82) is 0 Å². The van der Waals surface area contributed by atoms with Crippen LogP contribution in [-0.4, -0.2) is 23.3 Å². The maximum Gasteiger partial charge on any atom is 0.322 e. The number of rotatable bonds is 0. The van der Waals surface area contributed by atoms with Crippen LogP contribution in [0.3, 0.4) is 0 Å². The van der Waals surface area contributed by atoms with Gasteiger partial charge in [-0.3, -0.25) is 14.9 Å². The average Bonchev–Trinajstić information content (AvgIpc) is 2.06. The molecule has 2 N–H and O–H groups in total. The third kappa shape index (κ3) is 0.675. The fourth-order valence-electron chi connectivity index (χ4n) is 1.40. The minimum Gasteiger partial charge on any atom is -0.322 e. The summed E-state index contributed by atoms with van der Waals surface area (Å²) in [6.07, 6.45) is 0.287. The maximum atomic E-state index is 11.0. The van der Waals surface area contributed by atoms with E-state index in [0.717, 1.165) is 0 Å². The Hall–Kier alpha value is -1.39. The zero-order valence-corrected chi connectivity index (χ0v) is 5.64. The fraction of sp³-hybridized carbons (Fsp3) is 0.500. The van der Waals surface area contributed by atoms with Crippen LogP contribution in [0.2, 0.25) is 0 Å². The highest BCUT2D eigenvalue weighted by Crippen LogP contribution is 2.30. The standard InChI is InChI=1S/C6H6N2O3/c9-3-1-6(2-3)4(10)7-5(11)8-6/h1-2H2,(H2,7,8,10,11). The summed E-state index contributed by atoms with van der Waals surface area (Å²) in [5.74, 6) is -0.357. The summed E-state index contributed by atoms with van der Waals surface area (Å²) in [5.41, 5.74) is -0.881. The van der Waals surface area contributed by atoms with Crippen molar-refractivity contribution in [1.82, 2.24) is 10.6 Å². The van der Waals surface area contributed by atoms with Crippen LogP contribution >= 0.6 is 0 Å². The summed E-state index contributed by atoms with van der Waals surface area (Å²) in [5, 5.41) is 4.52. The van der Waals surface area contributed by atoms with E-state index >= 15 is 0 Å². The highest BCUT2D eigenvalue weighted by Gasteiger charge is 2.55. The molecule has 1 aliphatic carbocycles. The molecule has 2 fully saturated rings. The van der Waals surface area contributed by atoms with Crippen LogP contribution in [0.15, 0.2) is 0 Å². The van der Waals surface area contributed by atoms with Gasteiger partial charge in [-0.05, 0) is 0 Å². The van der Waals surface area contributed by atoms with Crippen LogP contribution in [0.5, 0.6) is 0 Å². The molecule has 1 aliphatic heterocycles. The van der Waals surface area contributed by atoms with Gasteiger partial charge in [0.15, 0.2) is 0 Å². The van der Waals surface area contributed by atoms with Gasteiger partial charge in [0.25, 0.3) is 5.91 Å². The molecule has 5 nitrogen and oxygen atoms in total. The number of hydrogen-bond acceptors (Lipinski definition) is 3. The molecular weight excluding hydrogens is 148 g/mol. The first kappa shape index (κ1) is 6.33. The van der Waals surface area contributed by atoms with E-state index in [4.69, 9.17) is 0 Å². The van der Waals surface area contributed by atoms with Gasteiger partial charge in [-0.2, -0.15) is 0 Å². The van der Waals surface area contributed by atoms with E-state index in [0.29, 0.717) is 0 Å². The number of amides is 3. The molecule has 2 aliphatic rings. The largest absolute Gasteiger partial charge is 0.322 e. The summed E-state index contributed by atoms with van der Waals surface area (Å²) >= 11 is 0. The molecule has 1 saturated carbocycles. The van der Waals surface area contributed by atoms with Crippen molar-refractivity contribution in [3.05, 3.63) is 0 Å². The summed E-state index contributed by atoms with van der Waals surface area (Å²) in [4.78, 5) is 32.2. The van der Waals surface area contributed by atoms with E-state index < -0.39 is 11.6 Å². The van der Waals surface area contributed by atoms with E-state index in [1.807, 2.05) is 0 Å². The molecule has 1 spiro atoms. The number of carbonyl (C=O) groups excluding carboxylic acids is 3. The number of hydrogen-bond donors (Lipinski definition) is 2. The van der Waals surface area contributed by atoms with Crippen LogP contribution in [-0.2, 0) is 9.59 Å². The number of carbonyl (C=O) groups is 3. The molecule has 5 heteroatoms. The number of urea groups is 1. The molecule has 3 amide bonds. The lowest BCUT2D eigenvalue weighted by Gasteiger charge is -2.32. The third-order valence-electron chi connectivity index (χ3n) is 2.01. The normalized spacial score (nSPS) is 26.4. The zero-order chi connectivity index (χ0) is 8.06. The van der Waals surface area contributed by atoms with E-state index in [2.05, 4.69) is 10.6 Å². The van der Waals surface area contributed by atoms with E-state index in [-0.39, 0.29) is 24.5 Å². The average molecular weight is 154 g/mol. The molecule has 58 valence electrons. The van der Waals surface area contributed by atoms with Crippen LogP contribution in [0.4, 0.5) is 4.79 Å². The third-order valence-corrected chi connectivity index (χ3v) is 2.01. The molecule has 0 bridgehead atoms. The molecule has 1 heterocycles. The number of imide groups is 1. The topological polar surface area (TPSA) is 75.3 Å². The molecule has 0 atom stereocenters. The fourth-order valence-corrected chi connectivity index (χ4v) is 1.40. The second-order valence-corrected chi connectivity index (χ2v) is 2.88. The van der Waals surface area contributed by atoms with Crippen LogP contribution in [0.25, 0.3) is 0 Å². The highest BCUT2D eigenvalue weighted by molar-refractivity contribution is 6.14. The summed E-state index contributed by atoms with van der Waals surface area (Å²) in [6, 6.07) is -0.498. The van der Waals surface area contributed by atoms with Gasteiger partial charge in [0.1, 0.15) is 11.3 Å². The van der Waals surface area contributed by atoms with Gasteiger partial charge in [-0.15, -0.1) is 0 Å². The molecular formula is C6H6N2O3. The van der Waals surface area contributed by atoms with Gasteiger partial charge >= 0.3 is 6.03 Å². The lowest BCUT2D eigenvalue weighted by molar-refractivity contribution is -0.138. The van der Waals surface area contributed by atoms with Crippen molar-refractivity contribution in [2.24, 2.45) is 0 Å². The van der Waals surface area contributed by atoms with Crippen molar-refractivity contribution in [2.45, 2.75) is 18.4 Å². The first-order chi connectivity index (χ1) is 5.12. The minimum atomic E-state index is -0.881. The lowest BCUT2D eigenvalue weighted by atomic mass is 9.76. The monoisotopic (exact) mass is 154 g/mol. The second kappa shape index (κ2) is 1.61. The summed E-state index contributed by atoms with van der Waals surface area (Å²) in [7, 11) is 0. The summed E-state index contributed by atoms with van der Waals surface area (Å²) < 4.78 is 0. The van der Waals surface area contributed by atoms with E-state index in [1.54, 1.807) is 0 Å².